The molecule has 0 spiro atoms. The summed E-state index contributed by atoms with van der Waals surface area (Å²) in [6.45, 7) is -1.54. The molecule has 0 aliphatic carbocycles. The first-order chi connectivity index (χ1) is 13.7. The maximum Gasteiger partial charge on any atom is 0.460 e. The fourth-order valence-corrected chi connectivity index (χ4v) is 1.80. The summed E-state index contributed by atoms with van der Waals surface area (Å²) in [5.41, 5.74) is 0. The molecule has 0 radical (unpaired) electrons. The Morgan fingerprint density at radius 3 is 1.19 bits per heavy atom. The maximum atomic E-state index is 13.4. The summed E-state index contributed by atoms with van der Waals surface area (Å²) in [6.07, 6.45) is -14.8. The molecule has 0 atom stereocenters. The zero-order valence-corrected chi connectivity index (χ0v) is 14.3. The molecule has 0 aromatic heterocycles. The van der Waals surface area contributed by atoms with Crippen LogP contribution in [0.25, 0.3) is 0 Å². The van der Waals surface area contributed by atoms with Crippen molar-refractivity contribution in [1.29, 1.82) is 0 Å². The van der Waals surface area contributed by atoms with Crippen LogP contribution >= 0.6 is 0 Å². The Kier molecular flexibility index (Phi) is 7.65. The number of carbonyl (C=O) groups is 1. The molecule has 0 fully saturated rings. The summed E-state index contributed by atoms with van der Waals surface area (Å²) < 4.78 is 223. The fourth-order valence-electron chi connectivity index (χ4n) is 1.80. The van der Waals surface area contributed by atoms with Gasteiger partial charge in [-0.3, -0.25) is 0 Å². The molecule has 0 unspecified atom stereocenters. The molecule has 0 amide bonds. The van der Waals surface area contributed by atoms with E-state index in [4.69, 9.17) is 0 Å². The van der Waals surface area contributed by atoms with Gasteiger partial charge in [0.15, 0.2) is 0 Å². The smallest absolute Gasteiger partial charge is 0.460 e. The summed E-state index contributed by atoms with van der Waals surface area (Å²) in [4.78, 5) is 9.78. The van der Waals surface area contributed by atoms with Gasteiger partial charge in [-0.25, -0.2) is 0 Å². The van der Waals surface area contributed by atoms with Gasteiger partial charge in [0, 0.05) is 13.0 Å². The average molecular weight is 521 g/mol. The molecule has 0 aromatic rings. The highest BCUT2D eigenvalue weighted by Crippen LogP contribution is 2.64. The van der Waals surface area contributed by atoms with Gasteiger partial charge >= 0.3 is 47.6 Å². The predicted molar refractivity (Wildman–Crippen MR) is 61.3 cm³/mol. The molecule has 32 heavy (non-hydrogen) atoms. The van der Waals surface area contributed by atoms with Gasteiger partial charge in [-0.15, -0.1) is 0 Å². The minimum atomic E-state index is -8.68. The number of carbonyl (C=O) groups excluding carboxylic acids is 1. The van der Waals surface area contributed by atoms with Crippen molar-refractivity contribution in [2.24, 2.45) is 0 Å². The van der Waals surface area contributed by atoms with Gasteiger partial charge in [0.25, 0.3) is 6.16 Å². The molecule has 0 heterocycles. The van der Waals surface area contributed by atoms with Crippen molar-refractivity contribution in [3.05, 3.63) is 0 Å². The number of alkyl halides is 17. The second-order valence-corrected chi connectivity index (χ2v) is 5.85. The van der Waals surface area contributed by atoms with Crippen molar-refractivity contribution >= 4 is 6.16 Å². The van der Waals surface area contributed by atoms with Crippen LogP contribution < -0.4 is 5.11 Å². The van der Waals surface area contributed by atoms with E-state index < -0.39 is 73.2 Å². The van der Waals surface area contributed by atoms with E-state index in [9.17, 15) is 84.5 Å². The standard InChI is InChI=1S/C12H7F17O3/c13-5(14,2-1-3-32-4(30)31)6(15,16)7(17,18)8(19,20)9(21,22)10(23,24)11(25,26)12(27,28)29/h1-3H2,(H,30,31)/p-1. The van der Waals surface area contributed by atoms with Crippen LogP contribution in [-0.2, 0) is 4.74 Å². The van der Waals surface area contributed by atoms with E-state index in [-0.39, 0.29) is 0 Å². The topological polar surface area (TPSA) is 49.4 Å². The third-order valence-corrected chi connectivity index (χ3v) is 3.64. The Bertz CT molecular complexity index is 681. The minimum Gasteiger partial charge on any atom is -0.550 e. The van der Waals surface area contributed by atoms with Gasteiger partial charge in [0.05, 0.1) is 0 Å². The molecule has 3 nitrogen and oxygen atoms in total. The van der Waals surface area contributed by atoms with Crippen molar-refractivity contribution in [2.75, 3.05) is 6.61 Å². The zero-order valence-electron chi connectivity index (χ0n) is 14.3. The van der Waals surface area contributed by atoms with Gasteiger partial charge in [0.1, 0.15) is 0 Å². The number of rotatable bonds is 10. The highest BCUT2D eigenvalue weighted by atomic mass is 19.4. The third kappa shape index (κ3) is 4.32. The minimum absolute atomic E-state index is 1.54. The van der Waals surface area contributed by atoms with Gasteiger partial charge in [-0.1, -0.05) is 0 Å². The van der Waals surface area contributed by atoms with E-state index in [1.165, 1.54) is 0 Å². The first kappa shape index (κ1) is 30.1. The van der Waals surface area contributed by atoms with Crippen molar-refractivity contribution in [3.63, 3.8) is 0 Å². The summed E-state index contributed by atoms with van der Waals surface area (Å²) in [6, 6.07) is 0. The molecule has 192 valence electrons. The normalized spacial score (nSPS) is 15.7. The molecule has 0 bridgehead atoms. The Balaban J connectivity index is 6.33. The lowest BCUT2D eigenvalue weighted by Crippen LogP contribution is -2.74. The van der Waals surface area contributed by atoms with Gasteiger partial charge in [-0.2, -0.15) is 74.6 Å². The highest BCUT2D eigenvalue weighted by molar-refractivity contribution is 5.53. The predicted octanol–water partition coefficient (Wildman–Crippen LogP) is 5.14. The van der Waals surface area contributed by atoms with Crippen molar-refractivity contribution in [1.82, 2.24) is 0 Å². The van der Waals surface area contributed by atoms with Crippen LogP contribution in [0.1, 0.15) is 12.8 Å². The lowest BCUT2D eigenvalue weighted by molar-refractivity contribution is -0.461. The number of hydrogen-bond donors (Lipinski definition) is 0. The lowest BCUT2D eigenvalue weighted by atomic mass is 9.88. The lowest BCUT2D eigenvalue weighted by Gasteiger charge is -2.42. The second kappa shape index (κ2) is 8.14. The van der Waals surface area contributed by atoms with E-state index in [0.717, 1.165) is 0 Å². The van der Waals surface area contributed by atoms with Crippen LogP contribution in [0.5, 0.6) is 0 Å². The van der Waals surface area contributed by atoms with E-state index in [1.807, 2.05) is 0 Å². The molecule has 0 N–H and O–H groups in total. The van der Waals surface area contributed by atoms with Crippen LogP contribution in [0, 0.1) is 0 Å². The van der Waals surface area contributed by atoms with Crippen molar-refractivity contribution in [3.8, 4) is 0 Å². The van der Waals surface area contributed by atoms with Crippen molar-refractivity contribution in [2.45, 2.75) is 60.5 Å². The van der Waals surface area contributed by atoms with E-state index in [2.05, 4.69) is 4.74 Å². The first-order valence-corrected chi connectivity index (χ1v) is 7.22. The zero-order chi connectivity index (χ0) is 26.4. The molecule has 0 saturated carbocycles. The Morgan fingerprint density at radius 2 is 0.875 bits per heavy atom. The molecular weight excluding hydrogens is 515 g/mol. The van der Waals surface area contributed by atoms with Crippen LogP contribution in [0.4, 0.5) is 79.4 Å². The monoisotopic (exact) mass is 521 g/mol. The van der Waals surface area contributed by atoms with Crippen LogP contribution in [-0.4, -0.2) is 60.4 Å². The Morgan fingerprint density at radius 1 is 0.562 bits per heavy atom. The van der Waals surface area contributed by atoms with Crippen molar-refractivity contribution < 1.29 is 89.3 Å². The summed E-state index contributed by atoms with van der Waals surface area (Å²) in [7, 11) is 0. The molecule has 0 saturated heterocycles. The van der Waals surface area contributed by atoms with E-state index >= 15 is 0 Å². The first-order valence-electron chi connectivity index (χ1n) is 7.22. The molecule has 0 aliphatic rings. The van der Waals surface area contributed by atoms with E-state index in [1.54, 1.807) is 0 Å². The Labute approximate surface area is 164 Å². The SMILES string of the molecule is O=C([O-])OCCCC(F)(F)C(F)(F)C(F)(F)C(F)(F)C(F)(F)C(F)(F)C(F)(F)C(F)(F)F. The number of hydrogen-bond acceptors (Lipinski definition) is 3. The average Bonchev–Trinajstić information content (AvgIpc) is 2.56. The molecule has 20 heteroatoms. The fraction of sp³-hybridized carbons (Fsp3) is 0.917. The van der Waals surface area contributed by atoms with Crippen LogP contribution in [0.3, 0.4) is 0 Å². The highest BCUT2D eigenvalue weighted by Gasteiger charge is 2.95. The Hall–Kier alpha value is -1.92. The van der Waals surface area contributed by atoms with Crippen LogP contribution in [0.2, 0.25) is 0 Å². The number of carboxylic acid groups (broad SMARTS) is 1. The summed E-state index contributed by atoms with van der Waals surface area (Å²) in [5.74, 6) is -56.8. The number of halogens is 17. The molecular formula is C12H6F17O3-. The summed E-state index contributed by atoms with van der Waals surface area (Å²) in [5, 5.41) is 9.78. The van der Waals surface area contributed by atoms with Gasteiger partial charge in [-0.05, 0) is 6.42 Å². The number of ether oxygens (including phenoxy) is 1. The molecule has 0 aromatic carbocycles. The van der Waals surface area contributed by atoms with Gasteiger partial charge < -0.3 is 14.6 Å². The quantitative estimate of drug-likeness (QED) is 0.228. The molecule has 0 rings (SSSR count). The van der Waals surface area contributed by atoms with Gasteiger partial charge in [0.2, 0.25) is 0 Å². The van der Waals surface area contributed by atoms with Crippen LogP contribution in [0.15, 0.2) is 0 Å². The van der Waals surface area contributed by atoms with E-state index in [0.29, 0.717) is 0 Å². The maximum absolute atomic E-state index is 13.4. The molecule has 0 aliphatic heterocycles. The summed E-state index contributed by atoms with van der Waals surface area (Å²) >= 11 is 0. The second-order valence-electron chi connectivity index (χ2n) is 5.85. The third-order valence-electron chi connectivity index (χ3n) is 3.64. The largest absolute Gasteiger partial charge is 0.550 e.